The number of para-hydroxylation sites is 1. The van der Waals surface area contributed by atoms with Gasteiger partial charge in [0.05, 0.1) is 17.0 Å². The Labute approximate surface area is 168 Å². The lowest BCUT2D eigenvalue weighted by Crippen LogP contribution is -2.14. The van der Waals surface area contributed by atoms with Gasteiger partial charge in [-0.2, -0.15) is 4.98 Å². The summed E-state index contributed by atoms with van der Waals surface area (Å²) in [6, 6.07) is 20.0. The topological polar surface area (TPSA) is 85.1 Å². The van der Waals surface area contributed by atoms with Gasteiger partial charge in [0, 0.05) is 5.92 Å². The second-order valence-electron chi connectivity index (χ2n) is 7.27. The SMILES string of the molecule is O=S(=O)(Nc1ccccc1Cc1nc(C2CC2)no1)c1ccc2ccccc2c1. The van der Waals surface area contributed by atoms with Crippen LogP contribution in [0, 0.1) is 0 Å². The highest BCUT2D eigenvalue weighted by Gasteiger charge is 2.29. The van der Waals surface area contributed by atoms with Gasteiger partial charge in [-0.25, -0.2) is 8.42 Å². The van der Waals surface area contributed by atoms with Crippen LogP contribution in [0.5, 0.6) is 0 Å². The number of hydrogen-bond acceptors (Lipinski definition) is 5. The van der Waals surface area contributed by atoms with Crippen LogP contribution in [0.2, 0.25) is 0 Å². The first-order valence-electron chi connectivity index (χ1n) is 9.50. The number of fused-ring (bicyclic) bond motifs is 1. The fraction of sp³-hybridized carbons (Fsp3) is 0.182. The molecule has 0 amide bonds. The third-order valence-corrected chi connectivity index (χ3v) is 6.42. The average molecular weight is 405 g/mol. The number of benzene rings is 3. The third kappa shape index (κ3) is 3.73. The molecule has 1 heterocycles. The van der Waals surface area contributed by atoms with Gasteiger partial charge in [0.25, 0.3) is 10.0 Å². The largest absolute Gasteiger partial charge is 0.339 e. The number of rotatable bonds is 6. The van der Waals surface area contributed by atoms with Crippen molar-refractivity contribution in [1.82, 2.24) is 10.1 Å². The first-order valence-corrected chi connectivity index (χ1v) is 11.0. The maximum atomic E-state index is 13.0. The zero-order valence-electron chi connectivity index (χ0n) is 15.6. The van der Waals surface area contributed by atoms with Crippen LogP contribution >= 0.6 is 0 Å². The predicted molar refractivity (Wildman–Crippen MR) is 110 cm³/mol. The standard InChI is InChI=1S/C22H19N3O3S/c26-29(27,19-12-11-15-5-1-2-6-17(15)13-19)25-20-8-4-3-7-18(20)14-21-23-22(24-28-21)16-9-10-16/h1-8,11-13,16,25H,9-10,14H2. The van der Waals surface area contributed by atoms with E-state index in [0.29, 0.717) is 23.9 Å². The Morgan fingerprint density at radius 3 is 2.55 bits per heavy atom. The summed E-state index contributed by atoms with van der Waals surface area (Å²) in [5.74, 6) is 1.65. The molecule has 0 unspecified atom stereocenters. The van der Waals surface area contributed by atoms with Crippen LogP contribution in [0.1, 0.15) is 36.0 Å². The molecule has 3 aromatic carbocycles. The zero-order valence-corrected chi connectivity index (χ0v) is 16.4. The second kappa shape index (κ2) is 7.00. The minimum atomic E-state index is -3.73. The van der Waals surface area contributed by atoms with Crippen LogP contribution in [0.4, 0.5) is 5.69 Å². The summed E-state index contributed by atoms with van der Waals surface area (Å²) >= 11 is 0. The number of nitrogens with zero attached hydrogens (tertiary/aromatic N) is 2. The quantitative estimate of drug-likeness (QED) is 0.511. The van der Waals surface area contributed by atoms with Crippen molar-refractivity contribution < 1.29 is 12.9 Å². The van der Waals surface area contributed by atoms with Crippen molar-refractivity contribution in [2.75, 3.05) is 4.72 Å². The summed E-state index contributed by atoms with van der Waals surface area (Å²) in [6.45, 7) is 0. The maximum absolute atomic E-state index is 13.0. The van der Waals surface area contributed by atoms with Crippen molar-refractivity contribution in [3.8, 4) is 0 Å². The summed E-state index contributed by atoms with van der Waals surface area (Å²) in [5, 5.41) is 5.90. The van der Waals surface area contributed by atoms with E-state index in [1.165, 1.54) is 0 Å². The lowest BCUT2D eigenvalue weighted by atomic mass is 10.1. The molecule has 146 valence electrons. The minimum absolute atomic E-state index is 0.222. The highest BCUT2D eigenvalue weighted by Crippen LogP contribution is 2.38. The van der Waals surface area contributed by atoms with Gasteiger partial charge in [0.1, 0.15) is 0 Å². The summed E-state index contributed by atoms with van der Waals surface area (Å²) in [4.78, 5) is 4.66. The lowest BCUT2D eigenvalue weighted by Gasteiger charge is -2.12. The van der Waals surface area contributed by atoms with E-state index in [0.717, 1.165) is 35.0 Å². The Morgan fingerprint density at radius 2 is 1.72 bits per heavy atom. The number of aromatic nitrogens is 2. The monoisotopic (exact) mass is 405 g/mol. The molecule has 0 saturated heterocycles. The summed E-state index contributed by atoms with van der Waals surface area (Å²) in [7, 11) is -3.73. The Morgan fingerprint density at radius 1 is 0.966 bits per heavy atom. The van der Waals surface area contributed by atoms with Crippen LogP contribution in [0.3, 0.4) is 0 Å². The van der Waals surface area contributed by atoms with Gasteiger partial charge < -0.3 is 4.52 Å². The van der Waals surface area contributed by atoms with Crippen molar-refractivity contribution >= 4 is 26.5 Å². The second-order valence-corrected chi connectivity index (χ2v) is 8.95. The smallest absolute Gasteiger partial charge is 0.261 e. The van der Waals surface area contributed by atoms with Gasteiger partial charge in [-0.1, -0.05) is 53.7 Å². The van der Waals surface area contributed by atoms with E-state index in [2.05, 4.69) is 14.9 Å². The molecule has 1 aliphatic rings. The van der Waals surface area contributed by atoms with E-state index in [-0.39, 0.29) is 4.90 Å². The molecule has 1 saturated carbocycles. The summed E-state index contributed by atoms with van der Waals surface area (Å²) in [6.07, 6.45) is 2.57. The maximum Gasteiger partial charge on any atom is 0.261 e. The molecular formula is C22H19N3O3S. The Bertz CT molecular complexity index is 1290. The number of anilines is 1. The Balaban J connectivity index is 1.42. The molecule has 6 nitrogen and oxygen atoms in total. The highest BCUT2D eigenvalue weighted by atomic mass is 32.2. The highest BCUT2D eigenvalue weighted by molar-refractivity contribution is 7.92. The first kappa shape index (κ1) is 17.9. The third-order valence-electron chi connectivity index (χ3n) is 5.06. The van der Waals surface area contributed by atoms with Gasteiger partial charge in [-0.3, -0.25) is 4.72 Å². The summed E-state index contributed by atoms with van der Waals surface area (Å²) in [5.41, 5.74) is 1.29. The first-order chi connectivity index (χ1) is 14.1. The van der Waals surface area contributed by atoms with E-state index < -0.39 is 10.0 Å². The van der Waals surface area contributed by atoms with Crippen LogP contribution in [-0.2, 0) is 16.4 Å². The molecule has 1 N–H and O–H groups in total. The van der Waals surface area contributed by atoms with E-state index >= 15 is 0 Å². The molecule has 0 atom stereocenters. The van der Waals surface area contributed by atoms with Gasteiger partial charge in [-0.05, 0) is 47.4 Å². The van der Waals surface area contributed by atoms with E-state index in [1.54, 1.807) is 24.3 Å². The van der Waals surface area contributed by atoms with Gasteiger partial charge in [0.2, 0.25) is 5.89 Å². The Kier molecular flexibility index (Phi) is 4.32. The molecule has 1 aliphatic carbocycles. The predicted octanol–water partition coefficient (Wildman–Crippen LogP) is 4.49. The fourth-order valence-corrected chi connectivity index (χ4v) is 4.46. The van der Waals surface area contributed by atoms with Crippen molar-refractivity contribution in [2.45, 2.75) is 30.1 Å². The molecule has 1 fully saturated rings. The number of hydrogen-bond donors (Lipinski definition) is 1. The van der Waals surface area contributed by atoms with Gasteiger partial charge in [-0.15, -0.1) is 0 Å². The molecule has 1 aromatic heterocycles. The molecule has 0 radical (unpaired) electrons. The van der Waals surface area contributed by atoms with Crippen LogP contribution in [-0.4, -0.2) is 18.6 Å². The number of nitrogens with one attached hydrogen (secondary N) is 1. The normalized spacial score (nSPS) is 14.2. The average Bonchev–Trinajstić information content (AvgIpc) is 3.48. The van der Waals surface area contributed by atoms with E-state index in [9.17, 15) is 8.42 Å². The lowest BCUT2D eigenvalue weighted by molar-refractivity contribution is 0.379. The molecule has 0 bridgehead atoms. The molecular weight excluding hydrogens is 386 g/mol. The molecule has 0 aliphatic heterocycles. The van der Waals surface area contributed by atoms with E-state index in [4.69, 9.17) is 4.52 Å². The zero-order chi connectivity index (χ0) is 19.8. The molecule has 29 heavy (non-hydrogen) atoms. The molecule has 0 spiro atoms. The van der Waals surface area contributed by atoms with Crippen molar-refractivity contribution in [1.29, 1.82) is 0 Å². The van der Waals surface area contributed by atoms with Crippen molar-refractivity contribution in [2.24, 2.45) is 0 Å². The van der Waals surface area contributed by atoms with Gasteiger partial charge in [0.15, 0.2) is 5.82 Å². The van der Waals surface area contributed by atoms with Crippen LogP contribution < -0.4 is 4.72 Å². The molecule has 4 aromatic rings. The minimum Gasteiger partial charge on any atom is -0.339 e. The van der Waals surface area contributed by atoms with Gasteiger partial charge >= 0.3 is 0 Å². The van der Waals surface area contributed by atoms with Crippen molar-refractivity contribution in [3.05, 3.63) is 84.0 Å². The van der Waals surface area contributed by atoms with Crippen LogP contribution in [0.25, 0.3) is 10.8 Å². The van der Waals surface area contributed by atoms with E-state index in [1.807, 2.05) is 42.5 Å². The number of sulfonamides is 1. The van der Waals surface area contributed by atoms with Crippen molar-refractivity contribution in [3.63, 3.8) is 0 Å². The van der Waals surface area contributed by atoms with Crippen LogP contribution in [0.15, 0.2) is 76.1 Å². The molecule has 5 rings (SSSR count). The Hall–Kier alpha value is -3.19. The molecule has 7 heteroatoms. The summed E-state index contributed by atoms with van der Waals surface area (Å²) < 4.78 is 34.0. The fourth-order valence-electron chi connectivity index (χ4n) is 3.32.